The van der Waals surface area contributed by atoms with Crippen LogP contribution in [0.1, 0.15) is 29.9 Å². The lowest BCUT2D eigenvalue weighted by molar-refractivity contribution is -0.137. The van der Waals surface area contributed by atoms with E-state index in [-0.39, 0.29) is 24.2 Å². The molecule has 28 heavy (non-hydrogen) atoms. The predicted molar refractivity (Wildman–Crippen MR) is 114 cm³/mol. The minimum Gasteiger partial charge on any atom is -0.349 e. The fourth-order valence-corrected chi connectivity index (χ4v) is 3.80. The molecule has 0 radical (unpaired) electrons. The highest BCUT2D eigenvalue weighted by Crippen LogP contribution is 2.46. The predicted octanol–water partition coefficient (Wildman–Crippen LogP) is 3.85. The molecule has 2 aromatic carbocycles. The zero-order chi connectivity index (χ0) is 20.7. The van der Waals surface area contributed by atoms with Gasteiger partial charge in [-0.25, -0.2) is 0 Å². The van der Waals surface area contributed by atoms with Gasteiger partial charge in [0.2, 0.25) is 11.8 Å². The summed E-state index contributed by atoms with van der Waals surface area (Å²) in [6.45, 7) is 3.94. The van der Waals surface area contributed by atoms with Gasteiger partial charge in [0, 0.05) is 40.5 Å². The van der Waals surface area contributed by atoms with Gasteiger partial charge in [0.15, 0.2) is 0 Å². The average Bonchev–Trinajstić information content (AvgIpc) is 2.71. The van der Waals surface area contributed by atoms with E-state index in [1.165, 1.54) is 0 Å². The summed E-state index contributed by atoms with van der Waals surface area (Å²) in [5.41, 5.74) is 0.951. The molecule has 0 N–H and O–H groups in total. The van der Waals surface area contributed by atoms with E-state index in [1.807, 2.05) is 60.7 Å². The van der Waals surface area contributed by atoms with Gasteiger partial charge in [0.05, 0.1) is 5.41 Å². The summed E-state index contributed by atoms with van der Waals surface area (Å²) in [5.74, 6) is -0.359. The lowest BCUT2D eigenvalue weighted by Gasteiger charge is -2.41. The second kappa shape index (κ2) is 9.36. The van der Waals surface area contributed by atoms with E-state index in [2.05, 4.69) is 6.58 Å². The number of allylic oxidation sites excluding steroid dienone is 1. The SMILES string of the molecule is C=CC[C@](C(=O)N(C)C)(c1ccccc1)[C@H](CC(=O)N(C)C)c1ccccc1. The Labute approximate surface area is 168 Å². The maximum atomic E-state index is 13.7. The molecule has 4 nitrogen and oxygen atoms in total. The summed E-state index contributed by atoms with van der Waals surface area (Å²) in [4.78, 5) is 29.7. The van der Waals surface area contributed by atoms with Gasteiger partial charge in [0.25, 0.3) is 0 Å². The number of carbonyl (C=O) groups is 2. The minimum absolute atomic E-state index is 0.00947. The third-order valence-corrected chi connectivity index (χ3v) is 5.22. The van der Waals surface area contributed by atoms with Crippen molar-refractivity contribution in [1.82, 2.24) is 9.80 Å². The molecule has 0 aliphatic heterocycles. The number of likely N-dealkylation sites (N-methyl/N-ethyl adjacent to an activating group) is 1. The van der Waals surface area contributed by atoms with Crippen LogP contribution in [0.5, 0.6) is 0 Å². The Kier molecular flexibility index (Phi) is 7.16. The van der Waals surface area contributed by atoms with Crippen molar-refractivity contribution in [2.45, 2.75) is 24.2 Å². The fraction of sp³-hybridized carbons (Fsp3) is 0.333. The Balaban J connectivity index is 2.78. The van der Waals surface area contributed by atoms with Crippen molar-refractivity contribution >= 4 is 11.8 Å². The van der Waals surface area contributed by atoms with Gasteiger partial charge < -0.3 is 9.80 Å². The smallest absolute Gasteiger partial charge is 0.233 e. The highest BCUT2D eigenvalue weighted by molar-refractivity contribution is 5.91. The van der Waals surface area contributed by atoms with Crippen molar-refractivity contribution in [3.05, 3.63) is 84.4 Å². The van der Waals surface area contributed by atoms with Gasteiger partial charge in [0.1, 0.15) is 0 Å². The molecule has 0 bridgehead atoms. The molecule has 0 saturated carbocycles. The maximum Gasteiger partial charge on any atom is 0.233 e. The first-order chi connectivity index (χ1) is 13.3. The summed E-state index contributed by atoms with van der Waals surface area (Å²) in [7, 11) is 7.02. The van der Waals surface area contributed by atoms with Crippen LogP contribution >= 0.6 is 0 Å². The van der Waals surface area contributed by atoms with Gasteiger partial charge in [-0.15, -0.1) is 6.58 Å². The number of hydrogen-bond acceptors (Lipinski definition) is 2. The van der Waals surface area contributed by atoms with Gasteiger partial charge in [-0.1, -0.05) is 66.7 Å². The van der Waals surface area contributed by atoms with Gasteiger partial charge in [-0.05, 0) is 17.5 Å². The minimum atomic E-state index is -0.917. The van der Waals surface area contributed by atoms with Crippen molar-refractivity contribution in [2.24, 2.45) is 0 Å². The third-order valence-electron chi connectivity index (χ3n) is 5.22. The Morgan fingerprint density at radius 3 is 1.93 bits per heavy atom. The summed E-state index contributed by atoms with van der Waals surface area (Å²) < 4.78 is 0. The van der Waals surface area contributed by atoms with E-state index >= 15 is 0 Å². The van der Waals surface area contributed by atoms with Crippen LogP contribution in [-0.2, 0) is 15.0 Å². The molecule has 2 aromatic rings. The van der Waals surface area contributed by atoms with Crippen LogP contribution < -0.4 is 0 Å². The van der Waals surface area contributed by atoms with Gasteiger partial charge >= 0.3 is 0 Å². The second-order valence-electron chi connectivity index (χ2n) is 7.49. The van der Waals surface area contributed by atoms with Crippen molar-refractivity contribution in [2.75, 3.05) is 28.2 Å². The molecule has 2 amide bonds. The summed E-state index contributed by atoms with van der Waals surface area (Å²) in [5, 5.41) is 0. The molecule has 4 heteroatoms. The monoisotopic (exact) mass is 378 g/mol. The van der Waals surface area contributed by atoms with E-state index in [0.29, 0.717) is 6.42 Å². The van der Waals surface area contributed by atoms with E-state index in [0.717, 1.165) is 11.1 Å². The molecular formula is C24H30N2O2. The molecule has 0 spiro atoms. The highest BCUT2D eigenvalue weighted by atomic mass is 16.2. The molecule has 0 fully saturated rings. The normalized spacial score (nSPS) is 13.9. The number of hydrogen-bond donors (Lipinski definition) is 0. The van der Waals surface area contributed by atoms with Crippen LogP contribution in [0.4, 0.5) is 0 Å². The third kappa shape index (κ3) is 4.33. The molecule has 0 aromatic heterocycles. The largest absolute Gasteiger partial charge is 0.349 e. The molecule has 2 atom stereocenters. The van der Waals surface area contributed by atoms with Crippen LogP contribution in [0.15, 0.2) is 73.3 Å². The lowest BCUT2D eigenvalue weighted by atomic mass is 9.63. The second-order valence-corrected chi connectivity index (χ2v) is 7.49. The van der Waals surface area contributed by atoms with Crippen LogP contribution in [-0.4, -0.2) is 49.8 Å². The molecule has 0 heterocycles. The van der Waals surface area contributed by atoms with Crippen LogP contribution in [0.25, 0.3) is 0 Å². The fourth-order valence-electron chi connectivity index (χ4n) is 3.80. The van der Waals surface area contributed by atoms with Crippen molar-refractivity contribution in [3.8, 4) is 0 Å². The maximum absolute atomic E-state index is 13.7. The summed E-state index contributed by atoms with van der Waals surface area (Å²) in [6.07, 6.45) is 2.46. The van der Waals surface area contributed by atoms with E-state index in [1.54, 1.807) is 44.1 Å². The number of amides is 2. The topological polar surface area (TPSA) is 40.6 Å². The quantitative estimate of drug-likeness (QED) is 0.655. The first-order valence-electron chi connectivity index (χ1n) is 9.47. The Morgan fingerprint density at radius 1 is 0.929 bits per heavy atom. The Morgan fingerprint density at radius 2 is 1.46 bits per heavy atom. The molecule has 0 aliphatic carbocycles. The molecule has 2 rings (SSSR count). The summed E-state index contributed by atoms with van der Waals surface area (Å²) in [6, 6.07) is 19.6. The standard InChI is InChI=1S/C24H30N2O2/c1-6-17-24(23(28)26(4)5,20-15-11-8-12-16-20)21(18-22(27)25(2)3)19-13-9-7-10-14-19/h6-16,21H,1,17-18H2,2-5H3/t21-,24+/m1/s1. The molecule has 148 valence electrons. The molecule has 0 aliphatic rings. The number of benzene rings is 2. The molecular weight excluding hydrogens is 348 g/mol. The van der Waals surface area contributed by atoms with Crippen molar-refractivity contribution in [3.63, 3.8) is 0 Å². The first-order valence-corrected chi connectivity index (χ1v) is 9.47. The van der Waals surface area contributed by atoms with Crippen LogP contribution in [0.2, 0.25) is 0 Å². The average molecular weight is 379 g/mol. The van der Waals surface area contributed by atoms with Gasteiger partial charge in [-0.2, -0.15) is 0 Å². The Hall–Kier alpha value is -2.88. The zero-order valence-corrected chi connectivity index (χ0v) is 17.3. The van der Waals surface area contributed by atoms with Crippen molar-refractivity contribution in [1.29, 1.82) is 0 Å². The Bertz CT molecular complexity index is 800. The number of rotatable bonds is 8. The van der Waals surface area contributed by atoms with Crippen LogP contribution in [0.3, 0.4) is 0 Å². The van der Waals surface area contributed by atoms with Gasteiger partial charge in [-0.3, -0.25) is 9.59 Å². The summed E-state index contributed by atoms with van der Waals surface area (Å²) >= 11 is 0. The van der Waals surface area contributed by atoms with E-state index in [9.17, 15) is 9.59 Å². The van der Waals surface area contributed by atoms with Crippen molar-refractivity contribution < 1.29 is 9.59 Å². The number of carbonyl (C=O) groups excluding carboxylic acids is 2. The highest BCUT2D eigenvalue weighted by Gasteiger charge is 2.48. The van der Waals surface area contributed by atoms with Crippen LogP contribution in [0, 0.1) is 0 Å². The van der Waals surface area contributed by atoms with E-state index < -0.39 is 5.41 Å². The lowest BCUT2D eigenvalue weighted by Crippen LogP contribution is -2.49. The first kappa shape index (κ1) is 21.4. The van der Waals surface area contributed by atoms with E-state index in [4.69, 9.17) is 0 Å². The molecule has 0 unspecified atom stereocenters. The number of nitrogens with zero attached hydrogens (tertiary/aromatic N) is 2. The molecule has 0 saturated heterocycles. The zero-order valence-electron chi connectivity index (χ0n) is 17.3.